The van der Waals surface area contributed by atoms with Crippen LogP contribution >= 0.6 is 11.3 Å². The smallest absolute Gasteiger partial charge is 0.159 e. The largest absolute Gasteiger partial charge is 0.253 e. The maximum atomic E-state index is 4.07. The van der Waals surface area contributed by atoms with Crippen molar-refractivity contribution in [3.8, 4) is 0 Å². The fraction of sp³-hybridized carbons (Fsp3) is 0. The van der Waals surface area contributed by atoms with Crippen molar-refractivity contribution in [3.05, 3.63) is 53.7 Å². The second kappa shape index (κ2) is 5.17. The molecular formula is C11H9N3S. The van der Waals surface area contributed by atoms with Gasteiger partial charge in [-0.2, -0.15) is 0 Å². The molecule has 0 saturated heterocycles. The van der Waals surface area contributed by atoms with Gasteiger partial charge < -0.3 is 0 Å². The minimum absolute atomic E-state index is 0.810. The van der Waals surface area contributed by atoms with E-state index in [1.54, 1.807) is 35.4 Å². The molecule has 74 valence electrons. The van der Waals surface area contributed by atoms with Crippen molar-refractivity contribution >= 4 is 22.4 Å². The second-order valence-electron chi connectivity index (χ2n) is 2.73. The summed E-state index contributed by atoms with van der Waals surface area (Å²) in [5.41, 5.74) is 2.60. The molecule has 0 saturated carbocycles. The van der Waals surface area contributed by atoms with Gasteiger partial charge in [-0.15, -0.1) is 11.3 Å². The van der Waals surface area contributed by atoms with Crippen LogP contribution in [0.1, 0.15) is 0 Å². The molecule has 0 aliphatic heterocycles. The Kier molecular flexibility index (Phi) is 3.35. The normalized spacial score (nSPS) is 9.33. The third-order valence-electron chi connectivity index (χ3n) is 1.72. The first kappa shape index (κ1) is 9.73. The van der Waals surface area contributed by atoms with Gasteiger partial charge in [-0.1, -0.05) is 0 Å². The van der Waals surface area contributed by atoms with Crippen LogP contribution in [0.3, 0.4) is 0 Å². The Bertz CT molecular complexity index is 425. The van der Waals surface area contributed by atoms with Gasteiger partial charge in [0.1, 0.15) is 0 Å². The van der Waals surface area contributed by atoms with Gasteiger partial charge in [0.2, 0.25) is 0 Å². The molecule has 0 bridgehead atoms. The minimum atomic E-state index is 0.810. The fourth-order valence-electron chi connectivity index (χ4n) is 1.08. The van der Waals surface area contributed by atoms with Crippen molar-refractivity contribution in [2.24, 2.45) is 0 Å². The summed E-state index contributed by atoms with van der Waals surface area (Å²) in [4.78, 5) is 11.9. The Morgan fingerprint density at radius 2 is 1.67 bits per heavy atom. The molecule has 0 amide bonds. The molecule has 0 aliphatic rings. The Labute approximate surface area is 91.5 Å². The van der Waals surface area contributed by atoms with Crippen LogP contribution < -0.4 is 0 Å². The van der Waals surface area contributed by atoms with Crippen LogP contribution in [-0.4, -0.2) is 15.0 Å². The van der Waals surface area contributed by atoms with Crippen LogP contribution in [-0.2, 0) is 0 Å². The van der Waals surface area contributed by atoms with Crippen molar-refractivity contribution in [1.29, 1.82) is 0 Å². The molecule has 3 heterocycles. The predicted molar refractivity (Wildman–Crippen MR) is 61.7 cm³/mol. The Morgan fingerprint density at radius 1 is 0.933 bits per heavy atom. The zero-order chi connectivity index (χ0) is 10.3. The lowest BCUT2D eigenvalue weighted by Gasteiger charge is -1.90. The van der Waals surface area contributed by atoms with Crippen molar-refractivity contribution in [1.82, 2.24) is 15.0 Å². The highest BCUT2D eigenvalue weighted by molar-refractivity contribution is 7.07. The molecule has 0 aliphatic carbocycles. The van der Waals surface area contributed by atoms with E-state index in [1.807, 2.05) is 29.6 Å². The molecule has 4 heteroatoms. The van der Waals surface area contributed by atoms with Crippen LogP contribution in [0.2, 0.25) is 0 Å². The van der Waals surface area contributed by atoms with E-state index in [2.05, 4.69) is 15.0 Å². The molecule has 0 unspecified atom stereocenters. The lowest BCUT2D eigenvalue weighted by atomic mass is 10.3. The Balaban J connectivity index is 0.000000144. The molecule has 15 heavy (non-hydrogen) atoms. The molecule has 0 fully saturated rings. The summed E-state index contributed by atoms with van der Waals surface area (Å²) in [6.07, 6.45) is 5.26. The molecule has 0 spiro atoms. The van der Waals surface area contributed by atoms with E-state index in [4.69, 9.17) is 0 Å². The van der Waals surface area contributed by atoms with Crippen LogP contribution in [0.5, 0.6) is 0 Å². The molecule has 3 aromatic heterocycles. The first-order valence-electron chi connectivity index (χ1n) is 4.45. The molecular weight excluding hydrogens is 206 g/mol. The lowest BCUT2D eigenvalue weighted by molar-refractivity contribution is 1.29. The van der Waals surface area contributed by atoms with E-state index in [0.29, 0.717) is 0 Å². The van der Waals surface area contributed by atoms with E-state index in [9.17, 15) is 0 Å². The fourth-order valence-corrected chi connectivity index (χ4v) is 1.43. The zero-order valence-corrected chi connectivity index (χ0v) is 8.76. The monoisotopic (exact) mass is 215 g/mol. The topological polar surface area (TPSA) is 38.7 Å². The highest BCUT2D eigenvalue weighted by Gasteiger charge is 1.88. The van der Waals surface area contributed by atoms with Crippen molar-refractivity contribution < 1.29 is 0 Å². The molecule has 3 nitrogen and oxygen atoms in total. The minimum Gasteiger partial charge on any atom is -0.253 e. The summed E-state index contributed by atoms with van der Waals surface area (Å²) in [6, 6.07) is 7.80. The van der Waals surface area contributed by atoms with Crippen molar-refractivity contribution in [2.45, 2.75) is 0 Å². The van der Waals surface area contributed by atoms with Gasteiger partial charge in [-0.05, 0) is 24.3 Å². The van der Waals surface area contributed by atoms with Gasteiger partial charge in [0.05, 0.1) is 5.51 Å². The number of thiazole rings is 1. The number of aromatic nitrogens is 3. The van der Waals surface area contributed by atoms with Gasteiger partial charge >= 0.3 is 0 Å². The Morgan fingerprint density at radius 3 is 2.07 bits per heavy atom. The molecule has 0 radical (unpaired) electrons. The van der Waals surface area contributed by atoms with Gasteiger partial charge in [-0.3, -0.25) is 4.98 Å². The van der Waals surface area contributed by atoms with Crippen LogP contribution in [0, 0.1) is 0 Å². The van der Waals surface area contributed by atoms with E-state index >= 15 is 0 Å². The third kappa shape index (κ3) is 2.82. The molecule has 0 N–H and O–H groups in total. The summed E-state index contributed by atoms with van der Waals surface area (Å²) >= 11 is 1.60. The molecule has 3 rings (SSSR count). The van der Waals surface area contributed by atoms with Crippen molar-refractivity contribution in [3.63, 3.8) is 0 Å². The summed E-state index contributed by atoms with van der Waals surface area (Å²) in [6.45, 7) is 0. The number of fused-ring (bicyclic) bond motifs is 1. The third-order valence-corrected chi connectivity index (χ3v) is 2.25. The SMILES string of the molecule is c1cnc2ncccc2c1.c1cscn1. The average molecular weight is 215 g/mol. The number of rotatable bonds is 0. The van der Waals surface area contributed by atoms with Gasteiger partial charge in [0, 0.05) is 29.4 Å². The summed E-state index contributed by atoms with van der Waals surface area (Å²) < 4.78 is 0. The van der Waals surface area contributed by atoms with Crippen LogP contribution in [0.25, 0.3) is 11.0 Å². The number of nitrogens with zero attached hydrogens (tertiary/aromatic N) is 3. The number of pyridine rings is 2. The highest BCUT2D eigenvalue weighted by Crippen LogP contribution is 2.04. The molecule has 3 aromatic rings. The van der Waals surface area contributed by atoms with E-state index < -0.39 is 0 Å². The number of hydrogen-bond donors (Lipinski definition) is 0. The predicted octanol–water partition coefficient (Wildman–Crippen LogP) is 2.77. The van der Waals surface area contributed by atoms with Crippen LogP contribution in [0.4, 0.5) is 0 Å². The quantitative estimate of drug-likeness (QED) is 0.578. The summed E-state index contributed by atoms with van der Waals surface area (Å²) in [7, 11) is 0. The summed E-state index contributed by atoms with van der Waals surface area (Å²) in [5, 5.41) is 3.02. The highest BCUT2D eigenvalue weighted by atomic mass is 32.1. The van der Waals surface area contributed by atoms with Crippen molar-refractivity contribution in [2.75, 3.05) is 0 Å². The van der Waals surface area contributed by atoms with Gasteiger partial charge in [-0.25, -0.2) is 9.97 Å². The number of hydrogen-bond acceptors (Lipinski definition) is 4. The van der Waals surface area contributed by atoms with Gasteiger partial charge in [0.15, 0.2) is 5.65 Å². The first-order valence-corrected chi connectivity index (χ1v) is 5.39. The van der Waals surface area contributed by atoms with E-state index in [1.165, 1.54) is 0 Å². The average Bonchev–Trinajstić information content (AvgIpc) is 2.88. The Hall–Kier alpha value is -1.81. The lowest BCUT2D eigenvalue weighted by Crippen LogP contribution is -1.78. The summed E-state index contributed by atoms with van der Waals surface area (Å²) in [5.74, 6) is 0. The van der Waals surface area contributed by atoms with E-state index in [-0.39, 0.29) is 0 Å². The molecule has 0 aromatic carbocycles. The van der Waals surface area contributed by atoms with E-state index in [0.717, 1.165) is 11.0 Å². The zero-order valence-electron chi connectivity index (χ0n) is 7.95. The maximum absolute atomic E-state index is 4.07. The second-order valence-corrected chi connectivity index (χ2v) is 3.48. The van der Waals surface area contributed by atoms with Gasteiger partial charge in [0.25, 0.3) is 0 Å². The van der Waals surface area contributed by atoms with Crippen LogP contribution in [0.15, 0.2) is 53.7 Å². The molecule has 0 atom stereocenters. The maximum Gasteiger partial charge on any atom is 0.159 e. The first-order chi connectivity index (χ1) is 7.47. The standard InChI is InChI=1S/C8H6N2.C3H3NS/c1-3-7-4-2-6-10-8(7)9-5-1;1-2-5-3-4-1/h1-6H;1-3H.